The molecule has 39 heavy (non-hydrogen) atoms. The zero-order chi connectivity index (χ0) is 26.9. The van der Waals surface area contributed by atoms with Gasteiger partial charge in [-0.05, 0) is 47.0 Å². The van der Waals surface area contributed by atoms with Gasteiger partial charge in [0.25, 0.3) is 5.91 Å². The fourth-order valence-corrected chi connectivity index (χ4v) is 4.83. The average molecular weight is 517 g/mol. The standard InChI is InChI=1S/C31H24N4O4/c1-19(21-8-10-23(11-9-21)31(37)38)33-30(36)27-16-26(28-12-13-39-34-28)18-35-29(27)25(17-32-35)15-20-6-7-22-4-2-3-5-24(22)14-20/h2-14,16-19H,15H2,1H3,(H,33,36)(H,37,38)/t19-/m0/s1. The highest BCUT2D eigenvalue weighted by atomic mass is 16.5. The first-order chi connectivity index (χ1) is 19.0. The molecular weight excluding hydrogens is 492 g/mol. The van der Waals surface area contributed by atoms with Gasteiger partial charge in [0.05, 0.1) is 28.9 Å². The minimum atomic E-state index is -0.995. The van der Waals surface area contributed by atoms with Crippen molar-refractivity contribution in [3.8, 4) is 11.3 Å². The highest BCUT2D eigenvalue weighted by Gasteiger charge is 2.20. The monoisotopic (exact) mass is 516 g/mol. The van der Waals surface area contributed by atoms with Crippen molar-refractivity contribution in [1.82, 2.24) is 20.1 Å². The minimum absolute atomic E-state index is 0.192. The Morgan fingerprint density at radius 3 is 2.54 bits per heavy atom. The lowest BCUT2D eigenvalue weighted by atomic mass is 9.99. The number of carbonyl (C=O) groups is 2. The van der Waals surface area contributed by atoms with E-state index in [0.29, 0.717) is 28.8 Å². The van der Waals surface area contributed by atoms with Crippen molar-refractivity contribution in [2.24, 2.45) is 0 Å². The summed E-state index contributed by atoms with van der Waals surface area (Å²) in [6, 6.07) is 24.2. The zero-order valence-electron chi connectivity index (χ0n) is 21.0. The summed E-state index contributed by atoms with van der Waals surface area (Å²) in [6.45, 7) is 1.86. The summed E-state index contributed by atoms with van der Waals surface area (Å²) in [7, 11) is 0. The second kappa shape index (κ2) is 9.90. The van der Waals surface area contributed by atoms with Gasteiger partial charge in [0, 0.05) is 29.8 Å². The van der Waals surface area contributed by atoms with Gasteiger partial charge >= 0.3 is 5.97 Å². The van der Waals surface area contributed by atoms with Crippen LogP contribution in [0.2, 0.25) is 0 Å². The third-order valence-corrected chi connectivity index (χ3v) is 6.88. The Hall–Kier alpha value is -5.24. The number of carbonyl (C=O) groups excluding carboxylic acids is 1. The van der Waals surface area contributed by atoms with Gasteiger partial charge in [0.2, 0.25) is 0 Å². The molecule has 3 aromatic carbocycles. The van der Waals surface area contributed by atoms with E-state index in [1.165, 1.54) is 23.8 Å². The first kappa shape index (κ1) is 24.1. The fraction of sp³-hybridized carbons (Fsp3) is 0.0968. The Bertz CT molecular complexity index is 1820. The number of fused-ring (bicyclic) bond motifs is 2. The van der Waals surface area contributed by atoms with Crippen LogP contribution in [0.25, 0.3) is 27.5 Å². The number of carboxylic acid groups (broad SMARTS) is 1. The van der Waals surface area contributed by atoms with Gasteiger partial charge in [-0.25, -0.2) is 9.31 Å². The molecule has 192 valence electrons. The Morgan fingerprint density at radius 1 is 1.00 bits per heavy atom. The molecule has 0 radical (unpaired) electrons. The van der Waals surface area contributed by atoms with E-state index in [1.807, 2.05) is 25.3 Å². The smallest absolute Gasteiger partial charge is 0.335 e. The lowest BCUT2D eigenvalue weighted by Crippen LogP contribution is -2.27. The van der Waals surface area contributed by atoms with Crippen molar-refractivity contribution in [2.75, 3.05) is 0 Å². The molecule has 0 aliphatic carbocycles. The number of carboxylic acids is 1. The van der Waals surface area contributed by atoms with E-state index in [2.05, 4.69) is 45.9 Å². The van der Waals surface area contributed by atoms with E-state index >= 15 is 0 Å². The molecule has 0 saturated carbocycles. The van der Waals surface area contributed by atoms with Gasteiger partial charge in [-0.2, -0.15) is 5.10 Å². The summed E-state index contributed by atoms with van der Waals surface area (Å²) in [4.78, 5) is 24.9. The SMILES string of the molecule is C[C@H](NC(=O)c1cc(-c2ccon2)cn2ncc(Cc3ccc4ccccc4c3)c12)c1ccc(C(=O)O)cc1. The Labute approximate surface area is 223 Å². The predicted molar refractivity (Wildman–Crippen MR) is 147 cm³/mol. The highest BCUT2D eigenvalue weighted by Crippen LogP contribution is 2.27. The molecule has 3 heterocycles. The number of nitrogens with one attached hydrogen (secondary N) is 1. The lowest BCUT2D eigenvalue weighted by Gasteiger charge is -2.16. The van der Waals surface area contributed by atoms with Crippen molar-refractivity contribution in [3.63, 3.8) is 0 Å². The molecule has 0 bridgehead atoms. The number of hydrogen-bond acceptors (Lipinski definition) is 5. The molecular formula is C31H24N4O4. The van der Waals surface area contributed by atoms with E-state index in [-0.39, 0.29) is 17.5 Å². The summed E-state index contributed by atoms with van der Waals surface area (Å²) in [5.41, 5.74) is 5.47. The molecule has 0 saturated heterocycles. The van der Waals surface area contributed by atoms with Gasteiger partial charge in [-0.15, -0.1) is 0 Å². The molecule has 0 spiro atoms. The van der Waals surface area contributed by atoms with Crippen molar-refractivity contribution < 1.29 is 19.2 Å². The molecule has 0 unspecified atom stereocenters. The number of pyridine rings is 1. The first-order valence-corrected chi connectivity index (χ1v) is 12.5. The zero-order valence-corrected chi connectivity index (χ0v) is 21.0. The van der Waals surface area contributed by atoms with Crippen LogP contribution >= 0.6 is 0 Å². The fourth-order valence-electron chi connectivity index (χ4n) is 4.83. The van der Waals surface area contributed by atoms with Crippen LogP contribution in [0.5, 0.6) is 0 Å². The van der Waals surface area contributed by atoms with Crippen LogP contribution in [0.1, 0.15) is 50.4 Å². The summed E-state index contributed by atoms with van der Waals surface area (Å²) < 4.78 is 6.74. The Kier molecular flexibility index (Phi) is 6.13. The summed E-state index contributed by atoms with van der Waals surface area (Å²) in [5.74, 6) is -1.27. The Balaban J connectivity index is 1.38. The van der Waals surface area contributed by atoms with E-state index in [4.69, 9.17) is 4.52 Å². The molecule has 3 aromatic heterocycles. The number of hydrogen-bond donors (Lipinski definition) is 2. The van der Waals surface area contributed by atoms with E-state index in [9.17, 15) is 14.7 Å². The van der Waals surface area contributed by atoms with Gasteiger partial charge in [-0.1, -0.05) is 59.8 Å². The maximum Gasteiger partial charge on any atom is 0.335 e. The van der Waals surface area contributed by atoms with Crippen LogP contribution in [-0.4, -0.2) is 31.8 Å². The quantitative estimate of drug-likeness (QED) is 0.272. The Morgan fingerprint density at radius 2 is 1.79 bits per heavy atom. The topological polar surface area (TPSA) is 110 Å². The van der Waals surface area contributed by atoms with Crippen LogP contribution in [0.3, 0.4) is 0 Å². The summed E-state index contributed by atoms with van der Waals surface area (Å²) >= 11 is 0. The van der Waals surface area contributed by atoms with Crippen molar-refractivity contribution >= 4 is 28.2 Å². The number of nitrogens with zero attached hydrogens (tertiary/aromatic N) is 3. The number of benzene rings is 3. The number of aromatic carboxylic acids is 1. The van der Waals surface area contributed by atoms with Gasteiger partial charge in [0.1, 0.15) is 12.0 Å². The molecule has 1 atom stereocenters. The molecule has 2 N–H and O–H groups in total. The molecule has 6 rings (SSSR count). The number of rotatable bonds is 7. The van der Waals surface area contributed by atoms with E-state index < -0.39 is 5.97 Å². The molecule has 8 heteroatoms. The molecule has 0 fully saturated rings. The van der Waals surface area contributed by atoms with Crippen LogP contribution in [0.15, 0.2) is 102 Å². The second-order valence-corrected chi connectivity index (χ2v) is 9.47. The normalized spacial score (nSPS) is 12.0. The maximum atomic E-state index is 13.7. The van der Waals surface area contributed by atoms with E-state index in [1.54, 1.807) is 35.0 Å². The van der Waals surface area contributed by atoms with Crippen LogP contribution in [-0.2, 0) is 6.42 Å². The first-order valence-electron chi connectivity index (χ1n) is 12.5. The van der Waals surface area contributed by atoms with Crippen LogP contribution in [0, 0.1) is 0 Å². The number of aromatic nitrogens is 3. The summed E-state index contributed by atoms with van der Waals surface area (Å²) in [6.07, 6.45) is 5.71. The second-order valence-electron chi connectivity index (χ2n) is 9.47. The van der Waals surface area contributed by atoms with Gasteiger partial charge in [-0.3, -0.25) is 4.79 Å². The van der Waals surface area contributed by atoms with Crippen LogP contribution < -0.4 is 5.32 Å². The predicted octanol–water partition coefficient (Wildman–Crippen LogP) is 5.92. The highest BCUT2D eigenvalue weighted by molar-refractivity contribution is 6.03. The molecule has 1 amide bonds. The van der Waals surface area contributed by atoms with Crippen LogP contribution in [0.4, 0.5) is 0 Å². The number of amides is 1. The van der Waals surface area contributed by atoms with Crippen molar-refractivity contribution in [3.05, 3.63) is 125 Å². The maximum absolute atomic E-state index is 13.7. The molecule has 8 nitrogen and oxygen atoms in total. The molecule has 0 aliphatic heterocycles. The summed E-state index contributed by atoms with van der Waals surface area (Å²) in [5, 5.41) is 23.2. The largest absolute Gasteiger partial charge is 0.478 e. The molecule has 6 aromatic rings. The third-order valence-electron chi connectivity index (χ3n) is 6.88. The van der Waals surface area contributed by atoms with Gasteiger partial charge in [0.15, 0.2) is 0 Å². The van der Waals surface area contributed by atoms with Gasteiger partial charge < -0.3 is 14.9 Å². The lowest BCUT2D eigenvalue weighted by molar-refractivity contribution is 0.0696. The average Bonchev–Trinajstić information content (AvgIpc) is 3.63. The van der Waals surface area contributed by atoms with E-state index in [0.717, 1.165) is 22.1 Å². The third kappa shape index (κ3) is 4.75. The minimum Gasteiger partial charge on any atom is -0.478 e. The van der Waals surface area contributed by atoms with Crippen molar-refractivity contribution in [2.45, 2.75) is 19.4 Å². The molecule has 0 aliphatic rings. The van der Waals surface area contributed by atoms with Crippen molar-refractivity contribution in [1.29, 1.82) is 0 Å².